The highest BCUT2D eigenvalue weighted by Gasteiger charge is 2.25. The van der Waals surface area contributed by atoms with Gasteiger partial charge in [0.2, 0.25) is 5.91 Å². The summed E-state index contributed by atoms with van der Waals surface area (Å²) in [6.45, 7) is 2.17. The minimum Gasteiger partial charge on any atom is -0.359 e. The Kier molecular flexibility index (Phi) is 4.65. The lowest BCUT2D eigenvalue weighted by molar-refractivity contribution is -0.384. The van der Waals surface area contributed by atoms with E-state index in [-0.39, 0.29) is 30.0 Å². The van der Waals surface area contributed by atoms with E-state index in [2.05, 4.69) is 5.32 Å². The number of nitro groups is 1. The Morgan fingerprint density at radius 3 is 2.72 bits per heavy atom. The summed E-state index contributed by atoms with van der Waals surface area (Å²) < 4.78 is 13.4. The van der Waals surface area contributed by atoms with Crippen molar-refractivity contribution in [2.75, 3.05) is 16.8 Å². The molecule has 0 saturated heterocycles. The highest BCUT2D eigenvalue weighted by Crippen LogP contribution is 2.31. The molecule has 1 N–H and O–H groups in total. The molecule has 1 heterocycles. The van der Waals surface area contributed by atoms with Gasteiger partial charge in [0.1, 0.15) is 5.82 Å². The Morgan fingerprint density at radius 2 is 2.04 bits per heavy atom. The molecule has 0 aromatic heterocycles. The van der Waals surface area contributed by atoms with E-state index in [0.717, 1.165) is 24.1 Å². The van der Waals surface area contributed by atoms with Crippen LogP contribution in [-0.2, 0) is 11.2 Å². The number of anilines is 2. The van der Waals surface area contributed by atoms with Gasteiger partial charge in [-0.15, -0.1) is 0 Å². The van der Waals surface area contributed by atoms with Gasteiger partial charge in [-0.3, -0.25) is 14.9 Å². The molecule has 1 atom stereocenters. The Labute approximate surface area is 144 Å². The number of aryl methyl sites for hydroxylation is 1. The van der Waals surface area contributed by atoms with E-state index in [4.69, 9.17) is 0 Å². The van der Waals surface area contributed by atoms with Crippen molar-refractivity contribution in [1.82, 2.24) is 0 Å². The molecule has 130 valence electrons. The van der Waals surface area contributed by atoms with Crippen LogP contribution in [0.25, 0.3) is 0 Å². The highest BCUT2D eigenvalue weighted by atomic mass is 19.1. The van der Waals surface area contributed by atoms with Crippen molar-refractivity contribution in [3.63, 3.8) is 0 Å². The zero-order valence-corrected chi connectivity index (χ0v) is 13.7. The largest absolute Gasteiger partial charge is 0.359 e. The number of nitro benzene ring substituents is 1. The molecule has 0 saturated carbocycles. The summed E-state index contributed by atoms with van der Waals surface area (Å²) >= 11 is 0. The molecular weight excluding hydrogens is 325 g/mol. The van der Waals surface area contributed by atoms with Crippen LogP contribution in [0.3, 0.4) is 0 Å². The quantitative estimate of drug-likeness (QED) is 0.681. The van der Waals surface area contributed by atoms with Crippen molar-refractivity contribution in [2.24, 2.45) is 0 Å². The summed E-state index contributed by atoms with van der Waals surface area (Å²) in [7, 11) is 0. The average Bonchev–Trinajstić information content (AvgIpc) is 2.58. The topological polar surface area (TPSA) is 75.5 Å². The molecule has 0 aliphatic carbocycles. The van der Waals surface area contributed by atoms with Crippen LogP contribution in [-0.4, -0.2) is 23.4 Å². The first-order valence-electron chi connectivity index (χ1n) is 8.03. The van der Waals surface area contributed by atoms with Crippen LogP contribution >= 0.6 is 0 Å². The summed E-state index contributed by atoms with van der Waals surface area (Å²) in [5.41, 5.74) is 2.25. The molecule has 1 amide bonds. The number of carbonyl (C=O) groups excluding carboxylic acids is 1. The number of benzene rings is 2. The van der Waals surface area contributed by atoms with Crippen LogP contribution in [0.1, 0.15) is 18.9 Å². The number of non-ortho nitro benzene ring substituents is 1. The van der Waals surface area contributed by atoms with E-state index >= 15 is 0 Å². The molecule has 6 nitrogen and oxygen atoms in total. The van der Waals surface area contributed by atoms with Crippen LogP contribution in [0, 0.1) is 15.9 Å². The van der Waals surface area contributed by atoms with Crippen molar-refractivity contribution >= 4 is 23.0 Å². The standard InChI is InChI=1S/C18H18FN3O3/c1-12-2-3-13-10-14(19)4-9-17(13)21(12)11-18(23)20-15-5-7-16(8-6-15)22(24)25/h4-10,12H,2-3,11H2,1H3,(H,20,23). The van der Waals surface area contributed by atoms with Gasteiger partial charge in [0.15, 0.2) is 0 Å². The Balaban J connectivity index is 1.71. The molecule has 0 fully saturated rings. The number of halogens is 1. The minimum absolute atomic E-state index is 0.0291. The lowest BCUT2D eigenvalue weighted by Gasteiger charge is -2.36. The molecule has 1 aliphatic rings. The second-order valence-corrected chi connectivity index (χ2v) is 6.14. The summed E-state index contributed by atoms with van der Waals surface area (Å²) in [4.78, 5) is 24.5. The maximum Gasteiger partial charge on any atom is 0.269 e. The third kappa shape index (κ3) is 3.76. The second-order valence-electron chi connectivity index (χ2n) is 6.14. The van der Waals surface area contributed by atoms with Crippen molar-refractivity contribution in [3.8, 4) is 0 Å². The van der Waals surface area contributed by atoms with Crippen molar-refractivity contribution in [3.05, 3.63) is 64.0 Å². The van der Waals surface area contributed by atoms with Gasteiger partial charge >= 0.3 is 0 Å². The normalized spacial score (nSPS) is 16.2. The number of rotatable bonds is 4. The molecule has 2 aromatic rings. The van der Waals surface area contributed by atoms with Crippen molar-refractivity contribution in [1.29, 1.82) is 0 Å². The van der Waals surface area contributed by atoms with E-state index < -0.39 is 4.92 Å². The molecule has 0 radical (unpaired) electrons. The number of amides is 1. The lowest BCUT2D eigenvalue weighted by Crippen LogP contribution is -2.42. The third-order valence-electron chi connectivity index (χ3n) is 4.39. The highest BCUT2D eigenvalue weighted by molar-refractivity contribution is 5.94. The Hall–Kier alpha value is -2.96. The summed E-state index contributed by atoms with van der Waals surface area (Å²) in [6.07, 6.45) is 1.63. The van der Waals surface area contributed by atoms with E-state index in [1.165, 1.54) is 36.4 Å². The fraction of sp³-hybridized carbons (Fsp3) is 0.278. The van der Waals surface area contributed by atoms with Crippen LogP contribution in [0.4, 0.5) is 21.5 Å². The molecule has 7 heteroatoms. The van der Waals surface area contributed by atoms with E-state index in [0.29, 0.717) is 5.69 Å². The maximum atomic E-state index is 13.4. The number of nitrogens with zero attached hydrogens (tertiary/aromatic N) is 2. The Morgan fingerprint density at radius 1 is 1.32 bits per heavy atom. The van der Waals surface area contributed by atoms with Gasteiger partial charge in [-0.05, 0) is 55.7 Å². The summed E-state index contributed by atoms with van der Waals surface area (Å²) in [5, 5.41) is 13.4. The van der Waals surface area contributed by atoms with E-state index in [1.54, 1.807) is 6.07 Å². The van der Waals surface area contributed by atoms with Crippen LogP contribution < -0.4 is 10.2 Å². The molecular formula is C18H18FN3O3. The van der Waals surface area contributed by atoms with E-state index in [1.807, 2.05) is 11.8 Å². The molecule has 1 aliphatic heterocycles. The molecule has 3 rings (SSSR count). The maximum absolute atomic E-state index is 13.4. The zero-order chi connectivity index (χ0) is 18.0. The van der Waals surface area contributed by atoms with E-state index in [9.17, 15) is 19.3 Å². The van der Waals surface area contributed by atoms with Crippen LogP contribution in [0.2, 0.25) is 0 Å². The first-order chi connectivity index (χ1) is 11.9. The summed E-state index contributed by atoms with van der Waals surface area (Å²) in [5.74, 6) is -0.499. The predicted octanol–water partition coefficient (Wildman–Crippen LogP) is 3.51. The number of hydrogen-bond acceptors (Lipinski definition) is 4. The van der Waals surface area contributed by atoms with Gasteiger partial charge in [0.05, 0.1) is 11.5 Å². The third-order valence-corrected chi connectivity index (χ3v) is 4.39. The molecule has 0 bridgehead atoms. The average molecular weight is 343 g/mol. The SMILES string of the molecule is CC1CCc2cc(F)ccc2N1CC(=O)Nc1ccc([N+](=O)[O-])cc1. The van der Waals surface area contributed by atoms with Crippen LogP contribution in [0.5, 0.6) is 0 Å². The second kappa shape index (κ2) is 6.88. The number of fused-ring (bicyclic) bond motifs is 1. The van der Waals surface area contributed by atoms with Gasteiger partial charge in [-0.2, -0.15) is 0 Å². The number of nitrogens with one attached hydrogen (secondary N) is 1. The fourth-order valence-electron chi connectivity index (χ4n) is 3.05. The predicted molar refractivity (Wildman–Crippen MR) is 93.3 cm³/mol. The minimum atomic E-state index is -0.489. The molecule has 25 heavy (non-hydrogen) atoms. The smallest absolute Gasteiger partial charge is 0.269 e. The van der Waals surface area contributed by atoms with Gasteiger partial charge in [-0.25, -0.2) is 4.39 Å². The summed E-state index contributed by atoms with van der Waals surface area (Å²) in [6, 6.07) is 10.5. The van der Waals surface area contributed by atoms with Gasteiger partial charge in [0.25, 0.3) is 5.69 Å². The lowest BCUT2D eigenvalue weighted by atomic mass is 9.96. The molecule has 1 unspecified atom stereocenters. The van der Waals surface area contributed by atoms with Gasteiger partial charge < -0.3 is 10.2 Å². The molecule has 0 spiro atoms. The van der Waals surface area contributed by atoms with Gasteiger partial charge in [-0.1, -0.05) is 0 Å². The van der Waals surface area contributed by atoms with Crippen molar-refractivity contribution in [2.45, 2.75) is 25.8 Å². The number of carbonyl (C=O) groups is 1. The molecule has 2 aromatic carbocycles. The van der Waals surface area contributed by atoms with Crippen LogP contribution in [0.15, 0.2) is 42.5 Å². The van der Waals surface area contributed by atoms with Gasteiger partial charge in [0, 0.05) is 29.5 Å². The van der Waals surface area contributed by atoms with Crippen molar-refractivity contribution < 1.29 is 14.1 Å². The first kappa shape index (κ1) is 16.9. The zero-order valence-electron chi connectivity index (χ0n) is 13.7. The Bertz CT molecular complexity index is 808. The first-order valence-corrected chi connectivity index (χ1v) is 8.03. The number of hydrogen-bond donors (Lipinski definition) is 1. The monoisotopic (exact) mass is 343 g/mol. The fourth-order valence-corrected chi connectivity index (χ4v) is 3.05.